The van der Waals surface area contributed by atoms with Crippen molar-refractivity contribution in [3.63, 3.8) is 0 Å². The van der Waals surface area contributed by atoms with Crippen LogP contribution in [0, 0.1) is 0 Å². The molecular weight excluding hydrogens is 604 g/mol. The molecular formula is C27H19Cl4N3O6. The maximum absolute atomic E-state index is 13.4. The minimum absolute atomic E-state index is 0.0277. The molecule has 40 heavy (non-hydrogen) atoms. The zero-order valence-corrected chi connectivity index (χ0v) is 23.8. The quantitative estimate of drug-likeness (QED) is 0.197. The predicted molar refractivity (Wildman–Crippen MR) is 152 cm³/mol. The Labute approximate surface area is 248 Å². The molecule has 0 spiro atoms. The third kappa shape index (κ3) is 6.34. The highest BCUT2D eigenvalue weighted by Crippen LogP contribution is 2.37. The molecule has 206 valence electrons. The SMILES string of the molecule is COC(=O)C1=C(C)N(c2ccc(Cl)c(Cl)c2)C(=O)/C1=C/c1ccc(CNC(=O)C(=O)Nc2cc(Cl)cc(Cl)c2)o1. The molecule has 0 radical (unpaired) electrons. The number of anilines is 2. The van der Waals surface area contributed by atoms with Gasteiger partial charge in [0.2, 0.25) is 0 Å². The average Bonchev–Trinajstić information content (AvgIpc) is 3.44. The molecule has 2 aromatic carbocycles. The molecule has 9 nitrogen and oxygen atoms in total. The van der Waals surface area contributed by atoms with Gasteiger partial charge in [-0.15, -0.1) is 0 Å². The minimum atomic E-state index is -0.936. The summed E-state index contributed by atoms with van der Waals surface area (Å²) in [6, 6.07) is 12.1. The van der Waals surface area contributed by atoms with E-state index >= 15 is 0 Å². The number of nitrogens with zero attached hydrogens (tertiary/aromatic N) is 1. The summed E-state index contributed by atoms with van der Waals surface area (Å²) in [6.45, 7) is 1.47. The van der Waals surface area contributed by atoms with E-state index in [9.17, 15) is 19.2 Å². The van der Waals surface area contributed by atoms with Crippen molar-refractivity contribution in [1.82, 2.24) is 5.32 Å². The Morgan fingerprint density at radius 1 is 0.950 bits per heavy atom. The Balaban J connectivity index is 1.50. The van der Waals surface area contributed by atoms with Gasteiger partial charge in [0.1, 0.15) is 11.5 Å². The van der Waals surface area contributed by atoms with Crippen LogP contribution >= 0.6 is 46.4 Å². The molecule has 2 N–H and O–H groups in total. The molecule has 1 aliphatic rings. The van der Waals surface area contributed by atoms with E-state index in [1.807, 2.05) is 0 Å². The summed E-state index contributed by atoms with van der Waals surface area (Å²) in [4.78, 5) is 51.8. The first-order valence-electron chi connectivity index (χ1n) is 11.4. The highest BCUT2D eigenvalue weighted by atomic mass is 35.5. The number of amides is 3. The topological polar surface area (TPSA) is 118 Å². The van der Waals surface area contributed by atoms with Crippen molar-refractivity contribution in [3.05, 3.63) is 97.0 Å². The Hall–Kier alpha value is -3.76. The number of furan rings is 1. The standard InChI is InChI=1S/C27H19Cl4N3O6/c1-13-23(27(38)39-2)20(26(37)34(13)17-3-6-21(30)22(31)10-17)11-18-4-5-19(40-18)12-32-24(35)25(36)33-16-8-14(28)7-15(29)9-16/h3-11H,12H2,1-2H3,(H,32,35)(H,33,36)/b20-11+. The second-order valence-corrected chi connectivity index (χ2v) is 10.0. The van der Waals surface area contributed by atoms with Crippen LogP contribution in [-0.4, -0.2) is 30.8 Å². The predicted octanol–water partition coefficient (Wildman–Crippen LogP) is 6.03. The summed E-state index contributed by atoms with van der Waals surface area (Å²) in [5.74, 6) is -2.59. The number of carbonyl (C=O) groups excluding carboxylic acids is 4. The summed E-state index contributed by atoms with van der Waals surface area (Å²) >= 11 is 24.0. The summed E-state index contributed by atoms with van der Waals surface area (Å²) in [5.41, 5.74) is 1.06. The highest BCUT2D eigenvalue weighted by Gasteiger charge is 2.38. The molecule has 13 heteroatoms. The van der Waals surface area contributed by atoms with Gasteiger partial charge in [-0.05, 0) is 61.5 Å². The fourth-order valence-electron chi connectivity index (χ4n) is 3.89. The van der Waals surface area contributed by atoms with Gasteiger partial charge in [-0.25, -0.2) is 4.79 Å². The van der Waals surface area contributed by atoms with E-state index in [1.54, 1.807) is 25.1 Å². The zero-order chi connectivity index (χ0) is 29.1. The molecule has 0 bridgehead atoms. The monoisotopic (exact) mass is 621 g/mol. The number of rotatable bonds is 6. The molecule has 1 aliphatic heterocycles. The Bertz CT molecular complexity index is 1590. The molecule has 1 aromatic heterocycles. The molecule has 0 fully saturated rings. The van der Waals surface area contributed by atoms with E-state index in [1.165, 1.54) is 48.4 Å². The first-order chi connectivity index (χ1) is 19.0. The van der Waals surface area contributed by atoms with Crippen molar-refractivity contribution in [2.45, 2.75) is 13.5 Å². The van der Waals surface area contributed by atoms with E-state index in [0.717, 1.165) is 0 Å². The van der Waals surface area contributed by atoms with Crippen LogP contribution < -0.4 is 15.5 Å². The van der Waals surface area contributed by atoms with Gasteiger partial charge in [-0.1, -0.05) is 46.4 Å². The number of hydrogen-bond donors (Lipinski definition) is 2. The van der Waals surface area contributed by atoms with Crippen molar-refractivity contribution in [3.8, 4) is 0 Å². The molecule has 4 rings (SSSR count). The molecule has 0 saturated heterocycles. The summed E-state index contributed by atoms with van der Waals surface area (Å²) in [7, 11) is 1.21. The number of carbonyl (C=O) groups is 4. The summed E-state index contributed by atoms with van der Waals surface area (Å²) in [5, 5.41) is 5.96. The Morgan fingerprint density at radius 3 is 2.30 bits per heavy atom. The van der Waals surface area contributed by atoms with Gasteiger partial charge < -0.3 is 19.8 Å². The second kappa shape index (κ2) is 12.2. The number of methoxy groups -OCH3 is 1. The number of hydrogen-bond acceptors (Lipinski definition) is 6. The van der Waals surface area contributed by atoms with Crippen molar-refractivity contribution in [2.75, 3.05) is 17.3 Å². The highest BCUT2D eigenvalue weighted by molar-refractivity contribution is 6.42. The maximum atomic E-state index is 13.4. The van der Waals surface area contributed by atoms with Crippen molar-refractivity contribution < 1.29 is 28.3 Å². The smallest absolute Gasteiger partial charge is 0.340 e. The third-order valence-electron chi connectivity index (χ3n) is 5.67. The molecule has 0 atom stereocenters. The zero-order valence-electron chi connectivity index (χ0n) is 20.8. The van der Waals surface area contributed by atoms with E-state index in [-0.39, 0.29) is 39.9 Å². The van der Waals surface area contributed by atoms with Crippen molar-refractivity contribution >= 4 is 87.5 Å². The number of esters is 1. The van der Waals surface area contributed by atoms with E-state index in [0.29, 0.717) is 26.5 Å². The number of allylic oxidation sites excluding steroid dienone is 1. The number of ether oxygens (including phenoxy) is 1. The number of nitrogens with one attached hydrogen (secondary N) is 2. The lowest BCUT2D eigenvalue weighted by atomic mass is 10.1. The van der Waals surface area contributed by atoms with Gasteiger partial charge in [0.15, 0.2) is 0 Å². The van der Waals surface area contributed by atoms with Gasteiger partial charge in [-0.2, -0.15) is 0 Å². The average molecular weight is 623 g/mol. The molecule has 3 aromatic rings. The van der Waals surface area contributed by atoms with Gasteiger partial charge in [0.05, 0.1) is 40.5 Å². The van der Waals surface area contributed by atoms with Crippen molar-refractivity contribution in [2.24, 2.45) is 0 Å². The van der Waals surface area contributed by atoms with Crippen LogP contribution in [0.25, 0.3) is 6.08 Å². The molecule has 0 saturated carbocycles. The summed E-state index contributed by atoms with van der Waals surface area (Å²) < 4.78 is 10.6. The summed E-state index contributed by atoms with van der Waals surface area (Å²) in [6.07, 6.45) is 1.39. The lowest BCUT2D eigenvalue weighted by Crippen LogP contribution is -2.34. The van der Waals surface area contributed by atoms with Crippen molar-refractivity contribution in [1.29, 1.82) is 0 Å². The van der Waals surface area contributed by atoms with Crippen LogP contribution in [0.15, 0.2) is 69.8 Å². The number of halogens is 4. The number of benzene rings is 2. The second-order valence-electron chi connectivity index (χ2n) is 8.35. The fourth-order valence-corrected chi connectivity index (χ4v) is 4.70. The van der Waals surface area contributed by atoms with Crippen LogP contribution in [0.2, 0.25) is 20.1 Å². The normalized spacial score (nSPS) is 14.1. The maximum Gasteiger partial charge on any atom is 0.340 e. The van der Waals surface area contributed by atoms with E-state index in [4.69, 9.17) is 55.6 Å². The first-order valence-corrected chi connectivity index (χ1v) is 12.9. The molecule has 0 unspecified atom stereocenters. The largest absolute Gasteiger partial charge is 0.465 e. The van der Waals surface area contributed by atoms with Crippen LogP contribution in [0.4, 0.5) is 11.4 Å². The van der Waals surface area contributed by atoms with Crippen LogP contribution in [0.3, 0.4) is 0 Å². The lowest BCUT2D eigenvalue weighted by molar-refractivity contribution is -0.136. The van der Waals surface area contributed by atoms with Crippen LogP contribution in [0.1, 0.15) is 18.4 Å². The van der Waals surface area contributed by atoms with E-state index in [2.05, 4.69) is 10.6 Å². The Morgan fingerprint density at radius 2 is 1.65 bits per heavy atom. The first kappa shape index (κ1) is 29.2. The van der Waals surface area contributed by atoms with Crippen LogP contribution in [-0.2, 0) is 30.5 Å². The van der Waals surface area contributed by atoms with Crippen LogP contribution in [0.5, 0.6) is 0 Å². The lowest BCUT2D eigenvalue weighted by Gasteiger charge is -2.18. The Kier molecular flexibility index (Phi) is 8.90. The van der Waals surface area contributed by atoms with E-state index < -0.39 is 23.7 Å². The fraction of sp³-hybridized carbons (Fsp3) is 0.111. The van der Waals surface area contributed by atoms with Gasteiger partial charge >= 0.3 is 17.8 Å². The van der Waals surface area contributed by atoms with Gasteiger partial charge in [0.25, 0.3) is 5.91 Å². The minimum Gasteiger partial charge on any atom is -0.465 e. The van der Waals surface area contributed by atoms with Gasteiger partial charge in [-0.3, -0.25) is 19.3 Å². The third-order valence-corrected chi connectivity index (χ3v) is 6.85. The molecule has 3 amide bonds. The van der Waals surface area contributed by atoms with Gasteiger partial charge in [0, 0.05) is 21.4 Å². The molecule has 0 aliphatic carbocycles. The molecule has 2 heterocycles.